The number of hydrogen-bond acceptors (Lipinski definition) is 6. The molecule has 8 heteroatoms. The van der Waals surface area contributed by atoms with Gasteiger partial charge in [-0.3, -0.25) is 9.36 Å². The average Bonchev–Trinajstić information content (AvgIpc) is 3.22. The summed E-state index contributed by atoms with van der Waals surface area (Å²) in [7, 11) is 0. The quantitative estimate of drug-likeness (QED) is 0.532. The summed E-state index contributed by atoms with van der Waals surface area (Å²) in [6.07, 6.45) is 0.620. The molecule has 0 aliphatic rings. The number of benzene rings is 2. The van der Waals surface area contributed by atoms with Crippen LogP contribution in [0.2, 0.25) is 0 Å². The molecule has 8 nitrogen and oxygen atoms in total. The minimum atomic E-state index is -0.542. The topological polar surface area (TPSA) is 95.8 Å². The fourth-order valence-electron chi connectivity index (χ4n) is 2.83. The molecule has 0 amide bonds. The van der Waals surface area contributed by atoms with Crippen molar-refractivity contribution in [3.63, 3.8) is 0 Å². The molecule has 140 valence electrons. The second-order valence-corrected chi connectivity index (χ2v) is 6.12. The lowest BCUT2D eigenvalue weighted by molar-refractivity contribution is 0.431. The zero-order valence-corrected chi connectivity index (χ0v) is 15.1. The highest BCUT2D eigenvalue weighted by molar-refractivity contribution is 5.56. The van der Waals surface area contributed by atoms with Crippen LogP contribution in [0.1, 0.15) is 13.3 Å². The van der Waals surface area contributed by atoms with Crippen LogP contribution in [0, 0.1) is 0 Å². The third kappa shape index (κ3) is 3.16. The van der Waals surface area contributed by atoms with Crippen LogP contribution in [0.4, 0.5) is 0 Å². The van der Waals surface area contributed by atoms with E-state index in [4.69, 9.17) is 4.52 Å². The van der Waals surface area contributed by atoms with Crippen LogP contribution in [0.25, 0.3) is 28.7 Å². The van der Waals surface area contributed by atoms with E-state index < -0.39 is 11.2 Å². The van der Waals surface area contributed by atoms with Crippen LogP contribution in [-0.4, -0.2) is 24.5 Å². The second kappa shape index (κ2) is 7.43. The molecule has 0 atom stereocenters. The number of hydrogen-bond donors (Lipinski definition) is 0. The van der Waals surface area contributed by atoms with Gasteiger partial charge in [0.2, 0.25) is 5.82 Å². The first-order chi connectivity index (χ1) is 13.7. The molecule has 0 aliphatic heterocycles. The molecular formula is C20H17N5O3. The van der Waals surface area contributed by atoms with E-state index in [0.29, 0.717) is 12.1 Å². The zero-order valence-electron chi connectivity index (χ0n) is 15.1. The lowest BCUT2D eigenvalue weighted by Crippen LogP contribution is -2.41. The van der Waals surface area contributed by atoms with Crippen molar-refractivity contribution in [1.29, 1.82) is 0 Å². The van der Waals surface area contributed by atoms with Gasteiger partial charge in [-0.15, -0.1) is 0 Å². The predicted octanol–water partition coefficient (Wildman–Crippen LogP) is 2.52. The molecule has 28 heavy (non-hydrogen) atoms. The summed E-state index contributed by atoms with van der Waals surface area (Å²) in [5, 5.41) is 8.16. The molecule has 0 spiro atoms. The Morgan fingerprint density at radius 2 is 1.64 bits per heavy atom. The minimum absolute atomic E-state index is 0.0390. The lowest BCUT2D eigenvalue weighted by Gasteiger charge is -2.09. The third-order valence-electron chi connectivity index (χ3n) is 4.17. The first kappa shape index (κ1) is 17.6. The molecule has 0 unspecified atom stereocenters. The molecule has 0 bridgehead atoms. The Hall–Kier alpha value is -3.81. The molecule has 2 aromatic heterocycles. The van der Waals surface area contributed by atoms with Gasteiger partial charge in [-0.2, -0.15) is 14.8 Å². The van der Waals surface area contributed by atoms with Crippen LogP contribution in [0.5, 0.6) is 0 Å². The molecule has 4 rings (SSSR count). The fourth-order valence-corrected chi connectivity index (χ4v) is 2.83. The highest BCUT2D eigenvalue weighted by atomic mass is 16.5. The van der Waals surface area contributed by atoms with Crippen LogP contribution in [0.3, 0.4) is 0 Å². The summed E-state index contributed by atoms with van der Waals surface area (Å²) < 4.78 is 7.63. The molecule has 4 aromatic rings. The van der Waals surface area contributed by atoms with E-state index in [1.165, 1.54) is 4.68 Å². The van der Waals surface area contributed by atoms with Gasteiger partial charge in [-0.05, 0) is 30.7 Å². The van der Waals surface area contributed by atoms with Crippen molar-refractivity contribution < 1.29 is 4.52 Å². The summed E-state index contributed by atoms with van der Waals surface area (Å²) in [6, 6.07) is 18.1. The Labute approximate surface area is 159 Å². The van der Waals surface area contributed by atoms with Crippen molar-refractivity contribution in [3.05, 3.63) is 81.5 Å². The number of para-hydroxylation sites is 1. The van der Waals surface area contributed by atoms with E-state index in [-0.39, 0.29) is 24.0 Å². The maximum atomic E-state index is 12.9. The lowest BCUT2D eigenvalue weighted by atomic mass is 10.2. The summed E-state index contributed by atoms with van der Waals surface area (Å²) in [6.45, 7) is 2.16. The maximum Gasteiger partial charge on any atom is 0.352 e. The van der Waals surface area contributed by atoms with E-state index in [1.807, 2.05) is 43.3 Å². The van der Waals surface area contributed by atoms with E-state index in [1.54, 1.807) is 24.3 Å². The van der Waals surface area contributed by atoms with Gasteiger partial charge in [0.15, 0.2) is 5.69 Å². The van der Waals surface area contributed by atoms with Gasteiger partial charge in [-0.25, -0.2) is 4.79 Å². The fraction of sp³-hybridized carbons (Fsp3) is 0.150. The average molecular weight is 375 g/mol. The Morgan fingerprint density at radius 3 is 2.32 bits per heavy atom. The van der Waals surface area contributed by atoms with Gasteiger partial charge in [0.1, 0.15) is 0 Å². The smallest absolute Gasteiger partial charge is 0.334 e. The third-order valence-corrected chi connectivity index (χ3v) is 4.17. The SMILES string of the molecule is CCCn1c(=O)c(-c2noc(-c3ccccc3)n2)nn(-c2ccccc2)c1=O. The van der Waals surface area contributed by atoms with Crippen molar-refractivity contribution in [3.8, 4) is 28.7 Å². The number of nitrogens with zero attached hydrogens (tertiary/aromatic N) is 5. The molecule has 0 radical (unpaired) electrons. The first-order valence-electron chi connectivity index (χ1n) is 8.88. The normalized spacial score (nSPS) is 10.9. The largest absolute Gasteiger partial charge is 0.352 e. The number of aromatic nitrogens is 5. The molecule has 0 saturated heterocycles. The van der Waals surface area contributed by atoms with Crippen molar-refractivity contribution in [2.45, 2.75) is 19.9 Å². The van der Waals surface area contributed by atoms with Gasteiger partial charge >= 0.3 is 5.69 Å². The summed E-state index contributed by atoms with van der Waals surface area (Å²) in [4.78, 5) is 30.0. The summed E-state index contributed by atoms with van der Waals surface area (Å²) in [5.41, 5.74) is 0.188. The van der Waals surface area contributed by atoms with Crippen molar-refractivity contribution in [2.75, 3.05) is 0 Å². The highest BCUT2D eigenvalue weighted by Gasteiger charge is 2.20. The highest BCUT2D eigenvalue weighted by Crippen LogP contribution is 2.19. The van der Waals surface area contributed by atoms with Crippen LogP contribution < -0.4 is 11.2 Å². The van der Waals surface area contributed by atoms with Crippen LogP contribution in [0.15, 0.2) is 74.8 Å². The van der Waals surface area contributed by atoms with E-state index in [9.17, 15) is 9.59 Å². The number of rotatable bonds is 5. The Kier molecular flexibility index (Phi) is 4.67. The monoisotopic (exact) mass is 375 g/mol. The Morgan fingerprint density at radius 1 is 0.964 bits per heavy atom. The zero-order chi connectivity index (χ0) is 19.5. The summed E-state index contributed by atoms with van der Waals surface area (Å²) in [5.74, 6) is 0.315. The Balaban J connectivity index is 1.90. The van der Waals surface area contributed by atoms with Crippen molar-refractivity contribution in [1.82, 2.24) is 24.5 Å². The standard InChI is InChI=1S/C20H17N5O3/c1-2-13-24-19(26)16(22-25(20(24)27)15-11-7-4-8-12-15)17-21-18(28-23-17)14-9-5-3-6-10-14/h3-12H,2,13H2,1H3. The molecule has 0 fully saturated rings. The van der Waals surface area contributed by atoms with Crippen LogP contribution in [-0.2, 0) is 6.54 Å². The van der Waals surface area contributed by atoms with Gasteiger partial charge < -0.3 is 4.52 Å². The Bertz CT molecular complexity index is 1210. The van der Waals surface area contributed by atoms with Gasteiger partial charge in [-0.1, -0.05) is 48.5 Å². The van der Waals surface area contributed by atoms with E-state index in [2.05, 4.69) is 15.2 Å². The molecule has 0 N–H and O–H groups in total. The van der Waals surface area contributed by atoms with Crippen molar-refractivity contribution in [2.24, 2.45) is 0 Å². The van der Waals surface area contributed by atoms with Gasteiger partial charge in [0, 0.05) is 12.1 Å². The molecular weight excluding hydrogens is 358 g/mol. The molecule has 0 saturated carbocycles. The molecule has 0 aliphatic carbocycles. The van der Waals surface area contributed by atoms with Crippen molar-refractivity contribution >= 4 is 0 Å². The molecule has 2 heterocycles. The van der Waals surface area contributed by atoms with Gasteiger partial charge in [0.25, 0.3) is 11.4 Å². The summed E-state index contributed by atoms with van der Waals surface area (Å²) >= 11 is 0. The minimum Gasteiger partial charge on any atom is -0.334 e. The predicted molar refractivity (Wildman–Crippen MR) is 103 cm³/mol. The maximum absolute atomic E-state index is 12.9. The van der Waals surface area contributed by atoms with Gasteiger partial charge in [0.05, 0.1) is 5.69 Å². The first-order valence-corrected chi connectivity index (χ1v) is 8.88. The molecule has 2 aromatic carbocycles. The van der Waals surface area contributed by atoms with E-state index >= 15 is 0 Å². The second-order valence-electron chi connectivity index (χ2n) is 6.12. The van der Waals surface area contributed by atoms with E-state index in [0.717, 1.165) is 10.1 Å². The van der Waals surface area contributed by atoms with Crippen LogP contribution >= 0.6 is 0 Å².